The number of thioether (sulfide) groups is 1. The Bertz CT molecular complexity index is 1590. The lowest BCUT2D eigenvalue weighted by Gasteiger charge is -2.38. The van der Waals surface area contributed by atoms with E-state index in [0.29, 0.717) is 56.3 Å². The molecule has 1 amide bonds. The minimum atomic E-state index is -0.667. The van der Waals surface area contributed by atoms with Crippen molar-refractivity contribution in [2.75, 3.05) is 16.0 Å². The van der Waals surface area contributed by atoms with Gasteiger partial charge in [-0.2, -0.15) is 5.26 Å². The Morgan fingerprint density at radius 1 is 1.31 bits per heavy atom. The molecule has 0 radical (unpaired) electrons. The predicted octanol–water partition coefficient (Wildman–Crippen LogP) is 5.67. The van der Waals surface area contributed by atoms with Crippen LogP contribution in [0.1, 0.15) is 36.3 Å². The minimum Gasteiger partial charge on any atom is -0.384 e. The van der Waals surface area contributed by atoms with Crippen LogP contribution in [0.15, 0.2) is 69.5 Å². The Hall–Kier alpha value is -3.72. The van der Waals surface area contributed by atoms with Gasteiger partial charge in [0.15, 0.2) is 10.1 Å². The van der Waals surface area contributed by atoms with Gasteiger partial charge in [0.25, 0.3) is 0 Å². The van der Waals surface area contributed by atoms with Gasteiger partial charge >= 0.3 is 0 Å². The fourth-order valence-corrected chi connectivity index (χ4v) is 6.64. The molecule has 3 N–H and O–H groups in total. The van der Waals surface area contributed by atoms with Gasteiger partial charge in [-0.05, 0) is 49.1 Å². The van der Waals surface area contributed by atoms with Crippen LogP contribution in [0, 0.1) is 24.1 Å². The Balaban J connectivity index is 1.42. The first-order valence-corrected chi connectivity index (χ1v) is 14.2. The van der Waals surface area contributed by atoms with Crippen molar-refractivity contribution in [2.45, 2.75) is 36.4 Å². The summed E-state index contributed by atoms with van der Waals surface area (Å²) in [5.74, 6) is -1.29. The predicted molar refractivity (Wildman–Crippen MR) is 150 cm³/mol. The third kappa shape index (κ3) is 5.28. The van der Waals surface area contributed by atoms with Crippen LogP contribution in [-0.2, 0) is 9.59 Å². The number of nitrogens with one attached hydrogen (secondary N) is 1. The van der Waals surface area contributed by atoms with Crippen LogP contribution in [0.4, 0.5) is 15.2 Å². The zero-order valence-corrected chi connectivity index (χ0v) is 23.1. The van der Waals surface area contributed by atoms with Gasteiger partial charge in [-0.1, -0.05) is 59.0 Å². The number of hydrogen-bond donors (Lipinski definition) is 2. The maximum absolute atomic E-state index is 13.6. The first-order valence-electron chi connectivity index (χ1n) is 12.0. The van der Waals surface area contributed by atoms with Gasteiger partial charge in [-0.25, -0.2) is 4.39 Å². The number of allylic oxidation sites excluding steroid dienone is 3. The number of ketones is 1. The van der Waals surface area contributed by atoms with Crippen LogP contribution in [0.3, 0.4) is 0 Å². The van der Waals surface area contributed by atoms with E-state index in [-0.39, 0.29) is 28.8 Å². The molecule has 2 aliphatic rings. The Morgan fingerprint density at radius 2 is 2.10 bits per heavy atom. The van der Waals surface area contributed by atoms with E-state index in [1.165, 1.54) is 35.2 Å². The number of aryl methyl sites for hydroxylation is 1. The molecule has 1 unspecified atom stereocenters. The number of anilines is 2. The van der Waals surface area contributed by atoms with Gasteiger partial charge in [0, 0.05) is 28.4 Å². The highest BCUT2D eigenvalue weighted by Gasteiger charge is 2.41. The summed E-state index contributed by atoms with van der Waals surface area (Å²) in [6.45, 7) is 1.78. The lowest BCUT2D eigenvalue weighted by Crippen LogP contribution is -2.38. The molecule has 12 heteroatoms. The van der Waals surface area contributed by atoms with Gasteiger partial charge < -0.3 is 11.1 Å². The Kier molecular flexibility index (Phi) is 7.70. The highest BCUT2D eigenvalue weighted by molar-refractivity contribution is 8.01. The monoisotopic (exact) mass is 580 g/mol. The molecule has 0 saturated carbocycles. The number of amides is 1. The first kappa shape index (κ1) is 26.9. The van der Waals surface area contributed by atoms with Crippen LogP contribution in [-0.4, -0.2) is 27.6 Å². The fraction of sp³-hybridized carbons (Fsp3) is 0.222. The molecular formula is C27H22ClFN6O2S2. The van der Waals surface area contributed by atoms with Gasteiger partial charge in [0.05, 0.1) is 23.3 Å². The maximum Gasteiger partial charge on any atom is 0.234 e. The van der Waals surface area contributed by atoms with Crippen molar-refractivity contribution in [3.05, 3.63) is 87.1 Å². The Morgan fingerprint density at radius 3 is 2.87 bits per heavy atom. The molecule has 5 rings (SSSR count). The molecule has 0 spiro atoms. The maximum atomic E-state index is 13.6. The third-order valence-corrected chi connectivity index (χ3v) is 8.90. The SMILES string of the molecule is Cc1ccc(F)cc1NC(=O)CSc1nnc(N2C(N)=C(C#N)C(c3ccccc3Cl)C3=C2CCCC3=O)s1. The lowest BCUT2D eigenvalue weighted by atomic mass is 9.76. The molecule has 0 bridgehead atoms. The number of Topliss-reactive ketones (excluding diaryl/α,β-unsaturated/α-hetero) is 1. The van der Waals surface area contributed by atoms with E-state index < -0.39 is 11.7 Å². The van der Waals surface area contributed by atoms with Crippen LogP contribution in [0.2, 0.25) is 5.02 Å². The smallest absolute Gasteiger partial charge is 0.234 e. The molecule has 2 aromatic carbocycles. The second kappa shape index (κ2) is 11.2. The molecule has 1 aliphatic heterocycles. The second-order valence-corrected chi connectivity index (χ2v) is 11.6. The van der Waals surface area contributed by atoms with Gasteiger partial charge in [0.1, 0.15) is 11.6 Å². The average molecular weight is 581 g/mol. The summed E-state index contributed by atoms with van der Waals surface area (Å²) >= 11 is 8.86. The number of rotatable bonds is 6. The average Bonchev–Trinajstić information content (AvgIpc) is 3.38. The highest BCUT2D eigenvalue weighted by atomic mass is 35.5. The summed E-state index contributed by atoms with van der Waals surface area (Å²) in [5.41, 5.74) is 9.76. The van der Waals surface area contributed by atoms with Crippen molar-refractivity contribution in [2.24, 2.45) is 5.73 Å². The van der Waals surface area contributed by atoms with Crippen molar-refractivity contribution in [1.82, 2.24) is 10.2 Å². The van der Waals surface area contributed by atoms with Crippen molar-refractivity contribution >= 4 is 57.2 Å². The Labute approximate surface area is 237 Å². The summed E-state index contributed by atoms with van der Waals surface area (Å²) in [5, 5.41) is 22.2. The van der Waals surface area contributed by atoms with Crippen molar-refractivity contribution in [1.29, 1.82) is 5.26 Å². The van der Waals surface area contributed by atoms with E-state index in [1.807, 2.05) is 6.07 Å². The van der Waals surface area contributed by atoms with E-state index in [2.05, 4.69) is 21.6 Å². The molecule has 2 heterocycles. The number of benzene rings is 2. The van der Waals surface area contributed by atoms with E-state index in [0.717, 1.165) is 5.56 Å². The lowest BCUT2D eigenvalue weighted by molar-refractivity contribution is -0.116. The summed E-state index contributed by atoms with van der Waals surface area (Å²) in [6.07, 6.45) is 1.57. The normalized spacial score (nSPS) is 17.2. The number of nitrogens with two attached hydrogens (primary N) is 1. The van der Waals surface area contributed by atoms with Crippen molar-refractivity contribution in [3.63, 3.8) is 0 Å². The summed E-state index contributed by atoms with van der Waals surface area (Å²) in [4.78, 5) is 27.4. The molecule has 1 aliphatic carbocycles. The van der Waals surface area contributed by atoms with Crippen LogP contribution >= 0.6 is 34.7 Å². The number of carbonyl (C=O) groups excluding carboxylic acids is 2. The molecule has 39 heavy (non-hydrogen) atoms. The largest absolute Gasteiger partial charge is 0.384 e. The van der Waals surface area contributed by atoms with Crippen LogP contribution in [0.5, 0.6) is 0 Å². The zero-order chi connectivity index (χ0) is 27.7. The zero-order valence-electron chi connectivity index (χ0n) is 20.7. The van der Waals surface area contributed by atoms with Crippen molar-refractivity contribution in [3.8, 4) is 6.07 Å². The molecule has 0 fully saturated rings. The van der Waals surface area contributed by atoms with Crippen LogP contribution < -0.4 is 16.0 Å². The molecule has 8 nitrogen and oxygen atoms in total. The second-order valence-electron chi connectivity index (χ2n) is 8.98. The van der Waals surface area contributed by atoms with E-state index in [4.69, 9.17) is 17.3 Å². The van der Waals surface area contributed by atoms with Crippen LogP contribution in [0.25, 0.3) is 0 Å². The number of hydrogen-bond acceptors (Lipinski definition) is 9. The van der Waals surface area contributed by atoms with E-state index in [1.54, 1.807) is 36.1 Å². The molecular weight excluding hydrogens is 559 g/mol. The van der Waals surface area contributed by atoms with E-state index >= 15 is 0 Å². The number of halogens is 2. The number of carbonyl (C=O) groups is 2. The number of nitrogens with zero attached hydrogens (tertiary/aromatic N) is 4. The molecule has 1 atom stereocenters. The summed E-state index contributed by atoms with van der Waals surface area (Å²) in [6, 6.07) is 13.5. The number of nitriles is 1. The van der Waals surface area contributed by atoms with E-state index in [9.17, 15) is 19.2 Å². The van der Waals surface area contributed by atoms with Gasteiger partial charge in [-0.3, -0.25) is 14.5 Å². The van der Waals surface area contributed by atoms with Crippen molar-refractivity contribution < 1.29 is 14.0 Å². The quantitative estimate of drug-likeness (QED) is 0.357. The fourth-order valence-electron chi connectivity index (χ4n) is 4.72. The topological polar surface area (TPSA) is 125 Å². The minimum absolute atomic E-state index is 0.0281. The molecule has 1 aromatic heterocycles. The summed E-state index contributed by atoms with van der Waals surface area (Å²) < 4.78 is 14.1. The molecule has 0 saturated heterocycles. The van der Waals surface area contributed by atoms with Gasteiger partial charge in [0.2, 0.25) is 11.0 Å². The molecule has 3 aromatic rings. The standard InChI is InChI=1S/C27H22ClFN6O2S2/c1-14-9-10-15(29)11-19(14)32-22(37)13-38-27-34-33-26(39-27)35-20-7-4-8-21(36)24(20)23(17(12-30)25(35)31)16-5-2-3-6-18(16)28/h2-3,5-6,9-11,23H,4,7-8,13,31H2,1H3,(H,32,37). The first-order chi connectivity index (χ1) is 18.8. The third-order valence-electron chi connectivity index (χ3n) is 6.52. The number of aromatic nitrogens is 2. The molecule has 198 valence electrons. The highest BCUT2D eigenvalue weighted by Crippen LogP contribution is 2.48. The van der Waals surface area contributed by atoms with Gasteiger partial charge in [-0.15, -0.1) is 10.2 Å². The summed E-state index contributed by atoms with van der Waals surface area (Å²) in [7, 11) is 0.